The van der Waals surface area contributed by atoms with Gasteiger partial charge >= 0.3 is 0 Å². The quantitative estimate of drug-likeness (QED) is 0.771. The third-order valence-electron chi connectivity index (χ3n) is 5.13. The van der Waals surface area contributed by atoms with Gasteiger partial charge in [0.2, 0.25) is 0 Å². The fraction of sp³-hybridized carbons (Fsp3) is 0.368. The number of nitrogens with two attached hydrogens (primary N) is 1. The van der Waals surface area contributed by atoms with E-state index in [-0.39, 0.29) is 0 Å². The molecule has 4 rings (SSSR count). The molecule has 4 N–H and O–H groups in total. The van der Waals surface area contributed by atoms with Crippen molar-refractivity contribution in [2.45, 2.75) is 24.4 Å². The van der Waals surface area contributed by atoms with E-state index in [1.54, 1.807) is 0 Å². The van der Waals surface area contributed by atoms with Crippen LogP contribution in [-0.2, 0) is 12.0 Å². The smallest absolute Gasteiger partial charge is 0.193 e. The lowest BCUT2D eigenvalue weighted by molar-refractivity contribution is 0.272. The maximum Gasteiger partial charge on any atom is 0.193 e. The molecular formula is C19H23N5O. The van der Waals surface area contributed by atoms with E-state index in [0.717, 1.165) is 25.9 Å². The molecule has 6 heteroatoms. The fourth-order valence-corrected chi connectivity index (χ4v) is 3.84. The van der Waals surface area contributed by atoms with Crippen LogP contribution in [0.15, 0.2) is 59.3 Å². The molecule has 130 valence electrons. The van der Waals surface area contributed by atoms with Crippen molar-refractivity contribution in [1.29, 1.82) is 0 Å². The van der Waals surface area contributed by atoms with Crippen LogP contribution in [0.25, 0.3) is 0 Å². The van der Waals surface area contributed by atoms with Crippen LogP contribution >= 0.6 is 0 Å². The van der Waals surface area contributed by atoms with Crippen molar-refractivity contribution in [2.24, 2.45) is 5.92 Å². The Kier molecular flexibility index (Phi) is 4.38. The summed E-state index contributed by atoms with van der Waals surface area (Å²) in [6.45, 7) is 1.91. The van der Waals surface area contributed by atoms with Crippen molar-refractivity contribution in [3.8, 4) is 0 Å². The zero-order valence-electron chi connectivity index (χ0n) is 14.1. The molecule has 0 saturated carbocycles. The Balaban J connectivity index is 1.56. The molecular weight excluding hydrogens is 314 g/mol. The lowest BCUT2D eigenvalue weighted by Gasteiger charge is -2.35. The Morgan fingerprint density at radius 3 is 2.80 bits per heavy atom. The number of hydrogen-bond acceptors (Lipinski definition) is 6. The molecule has 1 aromatic carbocycles. The van der Waals surface area contributed by atoms with E-state index in [0.29, 0.717) is 23.5 Å². The van der Waals surface area contributed by atoms with Crippen molar-refractivity contribution in [2.75, 3.05) is 18.8 Å². The average molecular weight is 337 g/mol. The van der Waals surface area contributed by atoms with E-state index in [1.807, 2.05) is 12.2 Å². The molecule has 2 aliphatic rings. The second-order valence-electron chi connectivity index (χ2n) is 6.82. The van der Waals surface area contributed by atoms with E-state index in [4.69, 9.17) is 10.4 Å². The number of aromatic nitrogens is 2. The van der Waals surface area contributed by atoms with Crippen LogP contribution in [-0.4, -0.2) is 29.4 Å². The van der Waals surface area contributed by atoms with Gasteiger partial charge in [0.25, 0.3) is 0 Å². The van der Waals surface area contributed by atoms with Crippen LogP contribution in [0.1, 0.15) is 17.7 Å². The summed E-state index contributed by atoms with van der Waals surface area (Å²) in [6.07, 6.45) is 10.1. The van der Waals surface area contributed by atoms with Crippen molar-refractivity contribution in [3.05, 3.63) is 65.9 Å². The predicted octanol–water partition coefficient (Wildman–Crippen LogP) is 1.78. The largest absolute Gasteiger partial charge is 0.379 e. The number of allylic oxidation sites excluding steroid dienone is 2. The molecule has 6 nitrogen and oxygen atoms in total. The van der Waals surface area contributed by atoms with Crippen molar-refractivity contribution in [1.82, 2.24) is 20.9 Å². The second kappa shape index (κ2) is 6.82. The highest BCUT2D eigenvalue weighted by Gasteiger charge is 2.40. The highest BCUT2D eigenvalue weighted by Crippen LogP contribution is 2.33. The van der Waals surface area contributed by atoms with Crippen LogP contribution < -0.4 is 16.4 Å². The summed E-state index contributed by atoms with van der Waals surface area (Å²) in [5.41, 5.74) is 7.57. The number of nitrogens with zero attached hydrogens (tertiary/aromatic N) is 2. The topological polar surface area (TPSA) is 89.0 Å². The van der Waals surface area contributed by atoms with Gasteiger partial charge in [-0.3, -0.25) is 5.32 Å². The average Bonchev–Trinajstić information content (AvgIpc) is 3.26. The Labute approximate surface area is 147 Å². The molecule has 1 saturated heterocycles. The molecule has 1 aliphatic carbocycles. The Hall–Kier alpha value is -2.44. The number of nitrogens with one attached hydrogen (secondary N) is 2. The molecule has 1 aromatic heterocycles. The maximum absolute atomic E-state index is 6.01. The summed E-state index contributed by atoms with van der Waals surface area (Å²) >= 11 is 0. The Morgan fingerprint density at radius 2 is 2.08 bits per heavy atom. The first-order chi connectivity index (χ1) is 12.3. The standard InChI is InChI=1S/C19H23N5O/c20-18-17(23-25-24-18)19(9-5-2-6-10-19)22-16-13-21-12-15(16)11-14-7-3-1-4-8-14/h1-9,15-16,21-22H,10-13H2,(H2,20,24). The molecule has 0 bridgehead atoms. The number of nitrogen functional groups attached to an aromatic ring is 1. The van der Waals surface area contributed by atoms with Gasteiger partial charge in [-0.1, -0.05) is 59.8 Å². The van der Waals surface area contributed by atoms with Gasteiger partial charge in [0.1, 0.15) is 0 Å². The number of hydrogen-bond donors (Lipinski definition) is 3. The van der Waals surface area contributed by atoms with E-state index in [9.17, 15) is 0 Å². The van der Waals surface area contributed by atoms with E-state index in [1.165, 1.54) is 5.56 Å². The summed E-state index contributed by atoms with van der Waals surface area (Å²) in [7, 11) is 0. The normalized spacial score (nSPS) is 28.5. The number of anilines is 1. The molecule has 2 heterocycles. The van der Waals surface area contributed by atoms with Gasteiger partial charge in [-0.15, -0.1) is 0 Å². The van der Waals surface area contributed by atoms with Gasteiger partial charge < -0.3 is 11.1 Å². The minimum Gasteiger partial charge on any atom is -0.379 e. The molecule has 1 aliphatic heterocycles. The zero-order valence-corrected chi connectivity index (χ0v) is 14.1. The van der Waals surface area contributed by atoms with Crippen LogP contribution in [0, 0.1) is 5.92 Å². The molecule has 0 spiro atoms. The Morgan fingerprint density at radius 1 is 1.20 bits per heavy atom. The first-order valence-electron chi connectivity index (χ1n) is 8.72. The van der Waals surface area contributed by atoms with Crippen LogP contribution in [0.4, 0.5) is 5.82 Å². The summed E-state index contributed by atoms with van der Waals surface area (Å²) in [6, 6.07) is 10.9. The molecule has 25 heavy (non-hydrogen) atoms. The van der Waals surface area contributed by atoms with Gasteiger partial charge in [0.05, 0.1) is 5.54 Å². The summed E-state index contributed by atoms with van der Waals surface area (Å²) in [4.78, 5) is 0. The lowest BCUT2D eigenvalue weighted by Crippen LogP contribution is -2.51. The molecule has 1 fully saturated rings. The minimum absolute atomic E-state index is 0.312. The van der Waals surface area contributed by atoms with Gasteiger partial charge in [0, 0.05) is 12.6 Å². The summed E-state index contributed by atoms with van der Waals surface area (Å²) in [5, 5.41) is 15.2. The zero-order chi connectivity index (χ0) is 17.1. The predicted molar refractivity (Wildman–Crippen MR) is 96.7 cm³/mol. The van der Waals surface area contributed by atoms with Gasteiger partial charge in [-0.2, -0.15) is 0 Å². The van der Waals surface area contributed by atoms with Crippen LogP contribution in [0.3, 0.4) is 0 Å². The van der Waals surface area contributed by atoms with Gasteiger partial charge in [-0.25, -0.2) is 4.63 Å². The molecule has 0 amide bonds. The second-order valence-corrected chi connectivity index (χ2v) is 6.82. The fourth-order valence-electron chi connectivity index (χ4n) is 3.84. The first-order valence-corrected chi connectivity index (χ1v) is 8.72. The first kappa shape index (κ1) is 16.1. The SMILES string of the molecule is Nc1nonc1C1(NC2CNCC2Cc2ccccc2)C=CC=CC1. The minimum atomic E-state index is -0.468. The van der Waals surface area contributed by atoms with Crippen LogP contribution in [0.5, 0.6) is 0 Å². The summed E-state index contributed by atoms with van der Waals surface area (Å²) < 4.78 is 4.87. The monoisotopic (exact) mass is 337 g/mol. The molecule has 3 atom stereocenters. The van der Waals surface area contributed by atoms with Gasteiger partial charge in [-0.05, 0) is 36.0 Å². The van der Waals surface area contributed by atoms with E-state index >= 15 is 0 Å². The van der Waals surface area contributed by atoms with Crippen LogP contribution in [0.2, 0.25) is 0 Å². The molecule has 2 aromatic rings. The van der Waals surface area contributed by atoms with Gasteiger partial charge in [0.15, 0.2) is 11.5 Å². The molecule has 0 radical (unpaired) electrons. The van der Waals surface area contributed by atoms with E-state index in [2.05, 4.69) is 63.4 Å². The Bertz CT molecular complexity index is 769. The summed E-state index contributed by atoms with van der Waals surface area (Å²) in [5.74, 6) is 0.845. The van der Waals surface area contributed by atoms with Crippen molar-refractivity contribution >= 4 is 5.82 Å². The van der Waals surface area contributed by atoms with Crippen molar-refractivity contribution < 1.29 is 4.63 Å². The van der Waals surface area contributed by atoms with Crippen molar-refractivity contribution in [3.63, 3.8) is 0 Å². The number of benzene rings is 1. The third-order valence-corrected chi connectivity index (χ3v) is 5.13. The maximum atomic E-state index is 6.01. The third kappa shape index (κ3) is 3.23. The van der Waals surface area contributed by atoms with E-state index < -0.39 is 5.54 Å². The highest BCUT2D eigenvalue weighted by molar-refractivity contribution is 5.43. The number of rotatable bonds is 5. The molecule has 3 unspecified atom stereocenters. The lowest BCUT2D eigenvalue weighted by atomic mass is 9.84. The highest BCUT2D eigenvalue weighted by atomic mass is 16.6.